The van der Waals surface area contributed by atoms with Crippen molar-refractivity contribution in [3.05, 3.63) is 71.8 Å². The second-order valence-corrected chi connectivity index (χ2v) is 5.81. The monoisotopic (exact) mass is 340 g/mol. The Balaban J connectivity index is 1.46. The molecule has 0 aromatic heterocycles. The van der Waals surface area contributed by atoms with E-state index in [1.165, 1.54) is 0 Å². The third-order valence-corrected chi connectivity index (χ3v) is 3.76. The van der Waals surface area contributed by atoms with Crippen molar-refractivity contribution in [1.82, 2.24) is 0 Å². The third kappa shape index (κ3) is 7.66. The van der Waals surface area contributed by atoms with Crippen LogP contribution < -0.4 is 0 Å². The van der Waals surface area contributed by atoms with E-state index in [4.69, 9.17) is 9.47 Å². The SMILES string of the molecule is O=C(CCCCCCOC(=O)c1ccccc1)OCc1ccccc1. The highest BCUT2D eigenvalue weighted by molar-refractivity contribution is 5.89. The average molecular weight is 340 g/mol. The van der Waals surface area contributed by atoms with Crippen LogP contribution in [0.4, 0.5) is 0 Å². The molecule has 0 heterocycles. The maximum atomic E-state index is 11.7. The molecule has 0 amide bonds. The maximum Gasteiger partial charge on any atom is 0.338 e. The summed E-state index contributed by atoms with van der Waals surface area (Å²) in [7, 11) is 0. The molecule has 0 saturated carbocycles. The van der Waals surface area contributed by atoms with Gasteiger partial charge in [0, 0.05) is 6.42 Å². The van der Waals surface area contributed by atoms with E-state index in [1.54, 1.807) is 12.1 Å². The van der Waals surface area contributed by atoms with Crippen molar-refractivity contribution in [3.63, 3.8) is 0 Å². The van der Waals surface area contributed by atoms with Gasteiger partial charge in [0.05, 0.1) is 12.2 Å². The fraction of sp³-hybridized carbons (Fsp3) is 0.333. The Bertz CT molecular complexity index is 637. The van der Waals surface area contributed by atoms with E-state index < -0.39 is 0 Å². The van der Waals surface area contributed by atoms with Gasteiger partial charge in [-0.3, -0.25) is 4.79 Å². The van der Waals surface area contributed by atoms with Crippen molar-refractivity contribution in [3.8, 4) is 0 Å². The number of esters is 2. The summed E-state index contributed by atoms with van der Waals surface area (Å²) in [6.07, 6.45) is 3.87. The lowest BCUT2D eigenvalue weighted by molar-refractivity contribution is -0.145. The van der Waals surface area contributed by atoms with Crippen molar-refractivity contribution < 1.29 is 19.1 Å². The molecule has 0 N–H and O–H groups in total. The molecule has 0 aliphatic rings. The summed E-state index contributed by atoms with van der Waals surface area (Å²) in [5, 5.41) is 0. The minimum Gasteiger partial charge on any atom is -0.462 e. The molecular weight excluding hydrogens is 316 g/mol. The Hall–Kier alpha value is -2.62. The van der Waals surface area contributed by atoms with Crippen LogP contribution in [0.5, 0.6) is 0 Å². The van der Waals surface area contributed by atoms with Crippen LogP contribution in [0.2, 0.25) is 0 Å². The van der Waals surface area contributed by atoms with Gasteiger partial charge in [-0.25, -0.2) is 4.79 Å². The van der Waals surface area contributed by atoms with Crippen molar-refractivity contribution in [1.29, 1.82) is 0 Å². The summed E-state index contributed by atoms with van der Waals surface area (Å²) < 4.78 is 10.4. The fourth-order valence-electron chi connectivity index (χ4n) is 2.36. The van der Waals surface area contributed by atoms with Gasteiger partial charge in [-0.2, -0.15) is 0 Å². The van der Waals surface area contributed by atoms with E-state index in [0.29, 0.717) is 25.2 Å². The third-order valence-electron chi connectivity index (χ3n) is 3.76. The van der Waals surface area contributed by atoms with Gasteiger partial charge in [0.15, 0.2) is 0 Å². The van der Waals surface area contributed by atoms with E-state index >= 15 is 0 Å². The Kier molecular flexibility index (Phi) is 8.25. The van der Waals surface area contributed by atoms with Gasteiger partial charge in [-0.05, 0) is 30.5 Å². The number of hydrogen-bond acceptors (Lipinski definition) is 4. The molecular formula is C21H24O4. The summed E-state index contributed by atoms with van der Waals surface area (Å²) >= 11 is 0. The molecule has 0 aliphatic heterocycles. The van der Waals surface area contributed by atoms with Gasteiger partial charge in [-0.1, -0.05) is 61.4 Å². The molecule has 2 rings (SSSR count). The predicted molar refractivity (Wildman–Crippen MR) is 96.0 cm³/mol. The van der Waals surface area contributed by atoms with Crippen LogP contribution in [0.1, 0.15) is 48.0 Å². The maximum absolute atomic E-state index is 11.7. The van der Waals surface area contributed by atoms with Crippen LogP contribution in [-0.4, -0.2) is 18.5 Å². The van der Waals surface area contributed by atoms with Crippen LogP contribution in [0.25, 0.3) is 0 Å². The van der Waals surface area contributed by atoms with Gasteiger partial charge in [0.25, 0.3) is 0 Å². The molecule has 0 bridgehead atoms. The molecule has 0 unspecified atom stereocenters. The lowest BCUT2D eigenvalue weighted by Gasteiger charge is -2.06. The molecule has 25 heavy (non-hydrogen) atoms. The Morgan fingerprint density at radius 3 is 2.08 bits per heavy atom. The summed E-state index contributed by atoms with van der Waals surface area (Å²) in [6, 6.07) is 18.6. The van der Waals surface area contributed by atoms with E-state index in [2.05, 4.69) is 0 Å². The molecule has 132 valence electrons. The van der Waals surface area contributed by atoms with Gasteiger partial charge in [0.1, 0.15) is 6.61 Å². The zero-order valence-electron chi connectivity index (χ0n) is 14.4. The van der Waals surface area contributed by atoms with Crippen molar-refractivity contribution >= 4 is 11.9 Å². The molecule has 0 saturated heterocycles. The van der Waals surface area contributed by atoms with Gasteiger partial charge >= 0.3 is 11.9 Å². The fourth-order valence-corrected chi connectivity index (χ4v) is 2.36. The number of carbonyl (C=O) groups is 2. The largest absolute Gasteiger partial charge is 0.462 e. The Morgan fingerprint density at radius 2 is 1.36 bits per heavy atom. The number of rotatable bonds is 10. The topological polar surface area (TPSA) is 52.6 Å². The lowest BCUT2D eigenvalue weighted by Crippen LogP contribution is -2.06. The molecule has 2 aromatic carbocycles. The highest BCUT2D eigenvalue weighted by atomic mass is 16.5. The quantitative estimate of drug-likeness (QED) is 0.471. The number of hydrogen-bond donors (Lipinski definition) is 0. The summed E-state index contributed by atoms with van der Waals surface area (Å²) in [6.45, 7) is 0.737. The first-order chi connectivity index (χ1) is 12.3. The lowest BCUT2D eigenvalue weighted by atomic mass is 10.1. The van der Waals surface area contributed by atoms with E-state index in [1.807, 2.05) is 48.5 Å². The first-order valence-corrected chi connectivity index (χ1v) is 8.67. The number of benzene rings is 2. The second-order valence-electron chi connectivity index (χ2n) is 5.81. The van der Waals surface area contributed by atoms with Crippen molar-refractivity contribution in [2.45, 2.75) is 38.7 Å². The van der Waals surface area contributed by atoms with Crippen molar-refractivity contribution in [2.24, 2.45) is 0 Å². The summed E-state index contributed by atoms with van der Waals surface area (Å²) in [4.78, 5) is 23.4. The number of carbonyl (C=O) groups excluding carboxylic acids is 2. The molecule has 2 aromatic rings. The normalized spacial score (nSPS) is 10.2. The molecule has 0 atom stereocenters. The zero-order valence-corrected chi connectivity index (χ0v) is 14.4. The minimum absolute atomic E-state index is 0.167. The summed E-state index contributed by atoms with van der Waals surface area (Å²) in [5.41, 5.74) is 1.57. The molecule has 0 spiro atoms. The average Bonchev–Trinajstić information content (AvgIpc) is 2.67. The predicted octanol–water partition coefficient (Wildman–Crippen LogP) is 4.54. The Labute approximate surface area is 148 Å². The highest BCUT2D eigenvalue weighted by Crippen LogP contribution is 2.08. The molecule has 4 nitrogen and oxygen atoms in total. The van der Waals surface area contributed by atoms with Crippen molar-refractivity contribution in [2.75, 3.05) is 6.61 Å². The molecule has 0 radical (unpaired) electrons. The molecule has 4 heteroatoms. The second kappa shape index (κ2) is 11.0. The highest BCUT2D eigenvalue weighted by Gasteiger charge is 2.06. The standard InChI is InChI=1S/C21H24O4/c22-20(25-17-18-11-5-3-6-12-18)15-9-1-2-10-16-24-21(23)19-13-7-4-8-14-19/h3-8,11-14H,1-2,9-10,15-17H2. The smallest absolute Gasteiger partial charge is 0.338 e. The van der Waals surface area contributed by atoms with Crippen LogP contribution in [-0.2, 0) is 20.9 Å². The molecule has 0 fully saturated rings. The van der Waals surface area contributed by atoms with Gasteiger partial charge in [-0.15, -0.1) is 0 Å². The van der Waals surface area contributed by atoms with Crippen LogP contribution in [0, 0.1) is 0 Å². The zero-order chi connectivity index (χ0) is 17.7. The minimum atomic E-state index is -0.287. The van der Waals surface area contributed by atoms with Gasteiger partial charge in [0.2, 0.25) is 0 Å². The Morgan fingerprint density at radius 1 is 0.720 bits per heavy atom. The van der Waals surface area contributed by atoms with E-state index in [0.717, 1.165) is 31.2 Å². The summed E-state index contributed by atoms with van der Waals surface area (Å²) in [5.74, 6) is -0.454. The number of ether oxygens (including phenoxy) is 2. The van der Waals surface area contributed by atoms with Crippen LogP contribution >= 0.6 is 0 Å². The first kappa shape index (κ1) is 18.7. The van der Waals surface area contributed by atoms with E-state index in [-0.39, 0.29) is 11.9 Å². The van der Waals surface area contributed by atoms with Gasteiger partial charge < -0.3 is 9.47 Å². The van der Waals surface area contributed by atoms with Crippen LogP contribution in [0.15, 0.2) is 60.7 Å². The van der Waals surface area contributed by atoms with Crippen LogP contribution in [0.3, 0.4) is 0 Å². The number of unbranched alkanes of at least 4 members (excludes halogenated alkanes) is 3. The molecule has 0 aliphatic carbocycles. The van der Waals surface area contributed by atoms with E-state index in [9.17, 15) is 9.59 Å². The first-order valence-electron chi connectivity index (χ1n) is 8.67.